The highest BCUT2D eigenvalue weighted by Gasteiger charge is 2.39. The van der Waals surface area contributed by atoms with Crippen LogP contribution in [0, 0.1) is 23.7 Å². The summed E-state index contributed by atoms with van der Waals surface area (Å²) in [6, 6.07) is 20.0. The molecule has 0 unspecified atom stereocenters. The molecule has 4 heteroatoms. The highest BCUT2D eigenvalue weighted by Crippen LogP contribution is 2.38. The van der Waals surface area contributed by atoms with Crippen LogP contribution in [-0.2, 0) is 22.7 Å². The van der Waals surface area contributed by atoms with E-state index in [1.807, 2.05) is 60.7 Å². The van der Waals surface area contributed by atoms with Crippen LogP contribution in [0.5, 0.6) is 0 Å². The van der Waals surface area contributed by atoms with Crippen LogP contribution in [0.2, 0.25) is 0 Å². The van der Waals surface area contributed by atoms with Crippen molar-refractivity contribution in [2.24, 2.45) is 23.7 Å². The van der Waals surface area contributed by atoms with E-state index in [-0.39, 0.29) is 23.7 Å². The zero-order valence-electron chi connectivity index (χ0n) is 16.7. The number of carbonyl (C=O) groups is 2. The summed E-state index contributed by atoms with van der Waals surface area (Å²) >= 11 is 0. The first kappa shape index (κ1) is 20.1. The van der Waals surface area contributed by atoms with Crippen LogP contribution in [0.15, 0.2) is 60.7 Å². The summed E-state index contributed by atoms with van der Waals surface area (Å²) in [7, 11) is 0. The van der Waals surface area contributed by atoms with Gasteiger partial charge in [0, 0.05) is 24.9 Å². The highest BCUT2D eigenvalue weighted by molar-refractivity contribution is 5.81. The Labute approximate surface area is 167 Å². The predicted molar refractivity (Wildman–Crippen MR) is 111 cm³/mol. The molecule has 2 aliphatic rings. The van der Waals surface area contributed by atoms with Gasteiger partial charge in [-0.3, -0.25) is 9.59 Å². The van der Waals surface area contributed by atoms with Crippen molar-refractivity contribution >= 4 is 11.8 Å². The lowest BCUT2D eigenvalue weighted by atomic mass is 10.2. The maximum atomic E-state index is 11.5. The predicted octanol–water partition coefficient (Wildman–Crippen LogP) is 3.92. The van der Waals surface area contributed by atoms with Gasteiger partial charge in [0.25, 0.3) is 0 Å². The third kappa shape index (κ3) is 6.22. The van der Waals surface area contributed by atoms with Gasteiger partial charge in [0.15, 0.2) is 0 Å². The van der Waals surface area contributed by atoms with Crippen LogP contribution < -0.4 is 10.6 Å². The molecule has 0 heterocycles. The Kier molecular flexibility index (Phi) is 6.85. The standard InChI is InChI=1S/2C12H15NO/c2*1-9-7-11(9)12(14)13-8-10-5-3-2-4-6-10/h2*2-6,9,11H,7-8H2,1H3,(H,13,14)/t2*9-,11-/m10/s1. The van der Waals surface area contributed by atoms with E-state index in [1.54, 1.807) is 0 Å². The van der Waals surface area contributed by atoms with Gasteiger partial charge in [-0.15, -0.1) is 0 Å². The number of hydrogen-bond acceptors (Lipinski definition) is 2. The first-order chi connectivity index (χ1) is 13.5. The highest BCUT2D eigenvalue weighted by atomic mass is 16.2. The molecule has 4 atom stereocenters. The minimum atomic E-state index is 0.210. The number of rotatable bonds is 6. The second-order valence-electron chi connectivity index (χ2n) is 8.05. The van der Waals surface area contributed by atoms with Gasteiger partial charge in [0.2, 0.25) is 11.8 Å². The second-order valence-corrected chi connectivity index (χ2v) is 8.05. The third-order valence-corrected chi connectivity index (χ3v) is 5.51. The van der Waals surface area contributed by atoms with E-state index in [0.717, 1.165) is 24.0 Å². The second kappa shape index (κ2) is 9.54. The van der Waals surface area contributed by atoms with Crippen molar-refractivity contribution in [2.75, 3.05) is 0 Å². The number of carbonyl (C=O) groups excluding carboxylic acids is 2. The molecular formula is C24H30N2O2. The molecule has 0 bridgehead atoms. The summed E-state index contributed by atoms with van der Waals surface area (Å²) in [6.07, 6.45) is 2.11. The fourth-order valence-electron chi connectivity index (χ4n) is 3.21. The van der Waals surface area contributed by atoms with E-state index in [9.17, 15) is 9.59 Å². The molecule has 2 saturated carbocycles. The summed E-state index contributed by atoms with van der Waals surface area (Å²) in [4.78, 5) is 23.0. The molecule has 2 N–H and O–H groups in total. The van der Waals surface area contributed by atoms with Gasteiger partial charge >= 0.3 is 0 Å². The molecule has 0 radical (unpaired) electrons. The smallest absolute Gasteiger partial charge is 0.223 e. The Balaban J connectivity index is 0.000000161. The van der Waals surface area contributed by atoms with Crippen molar-refractivity contribution in [1.29, 1.82) is 0 Å². The van der Waals surface area contributed by atoms with E-state index in [4.69, 9.17) is 0 Å². The zero-order valence-corrected chi connectivity index (χ0v) is 16.7. The molecule has 0 aliphatic heterocycles. The number of hydrogen-bond donors (Lipinski definition) is 2. The van der Waals surface area contributed by atoms with Crippen LogP contribution in [0.1, 0.15) is 37.8 Å². The lowest BCUT2D eigenvalue weighted by Gasteiger charge is -2.03. The molecule has 28 heavy (non-hydrogen) atoms. The lowest BCUT2D eigenvalue weighted by molar-refractivity contribution is -0.123. The van der Waals surface area contributed by atoms with Gasteiger partial charge in [-0.25, -0.2) is 0 Å². The van der Waals surface area contributed by atoms with Gasteiger partial charge < -0.3 is 10.6 Å². The SMILES string of the molecule is C[C@@H]1C[C@H]1C(=O)NCc1ccccc1.C[C@H]1C[C@@H]1C(=O)NCc1ccccc1. The fourth-order valence-corrected chi connectivity index (χ4v) is 3.21. The van der Waals surface area contributed by atoms with Crippen LogP contribution in [0.25, 0.3) is 0 Å². The zero-order chi connectivity index (χ0) is 19.9. The van der Waals surface area contributed by atoms with Crippen molar-refractivity contribution in [3.63, 3.8) is 0 Å². The first-order valence-corrected chi connectivity index (χ1v) is 10.2. The summed E-state index contributed by atoms with van der Waals surface area (Å²) in [5, 5.41) is 5.90. The van der Waals surface area contributed by atoms with Gasteiger partial charge in [-0.2, -0.15) is 0 Å². The monoisotopic (exact) mass is 378 g/mol. The van der Waals surface area contributed by atoms with Gasteiger partial charge in [0.1, 0.15) is 0 Å². The van der Waals surface area contributed by atoms with Crippen LogP contribution in [0.4, 0.5) is 0 Å². The molecule has 2 aliphatic carbocycles. The first-order valence-electron chi connectivity index (χ1n) is 10.2. The van der Waals surface area contributed by atoms with E-state index in [1.165, 1.54) is 0 Å². The van der Waals surface area contributed by atoms with Gasteiger partial charge in [0.05, 0.1) is 0 Å². The van der Waals surface area contributed by atoms with Crippen LogP contribution in [0.3, 0.4) is 0 Å². The Bertz CT molecular complexity index is 708. The molecular weight excluding hydrogens is 348 g/mol. The minimum Gasteiger partial charge on any atom is -0.352 e. The lowest BCUT2D eigenvalue weighted by Crippen LogP contribution is -2.24. The number of benzene rings is 2. The molecule has 2 aromatic rings. The Morgan fingerprint density at radius 2 is 1.04 bits per heavy atom. The molecule has 2 aromatic carbocycles. The van der Waals surface area contributed by atoms with E-state index in [0.29, 0.717) is 24.9 Å². The molecule has 148 valence electrons. The maximum Gasteiger partial charge on any atom is 0.223 e. The molecule has 0 saturated heterocycles. The van der Waals surface area contributed by atoms with Crippen molar-refractivity contribution in [2.45, 2.75) is 39.8 Å². The van der Waals surface area contributed by atoms with Gasteiger partial charge in [-0.05, 0) is 35.8 Å². The fraction of sp³-hybridized carbons (Fsp3) is 0.417. The molecule has 0 spiro atoms. The van der Waals surface area contributed by atoms with E-state index >= 15 is 0 Å². The van der Waals surface area contributed by atoms with Crippen molar-refractivity contribution in [3.05, 3.63) is 71.8 Å². The average molecular weight is 379 g/mol. The molecule has 2 amide bonds. The van der Waals surface area contributed by atoms with E-state index < -0.39 is 0 Å². The number of nitrogens with one attached hydrogen (secondary N) is 2. The molecule has 4 nitrogen and oxygen atoms in total. The number of amides is 2. The minimum absolute atomic E-state index is 0.210. The molecule has 4 rings (SSSR count). The third-order valence-electron chi connectivity index (χ3n) is 5.51. The summed E-state index contributed by atoms with van der Waals surface area (Å²) in [5.41, 5.74) is 2.32. The van der Waals surface area contributed by atoms with Crippen LogP contribution >= 0.6 is 0 Å². The normalized spacial score (nSPS) is 24.4. The molecule has 0 aromatic heterocycles. The topological polar surface area (TPSA) is 58.2 Å². The quantitative estimate of drug-likeness (QED) is 0.800. The summed E-state index contributed by atoms with van der Waals surface area (Å²) in [6.45, 7) is 5.55. The largest absolute Gasteiger partial charge is 0.352 e. The summed E-state index contributed by atoms with van der Waals surface area (Å²) < 4.78 is 0. The van der Waals surface area contributed by atoms with Crippen molar-refractivity contribution in [3.8, 4) is 0 Å². The Morgan fingerprint density at radius 3 is 1.32 bits per heavy atom. The van der Waals surface area contributed by atoms with Crippen LogP contribution in [-0.4, -0.2) is 11.8 Å². The Hall–Kier alpha value is -2.62. The van der Waals surface area contributed by atoms with Crippen molar-refractivity contribution in [1.82, 2.24) is 10.6 Å². The molecule has 2 fully saturated rings. The Morgan fingerprint density at radius 1 is 0.714 bits per heavy atom. The maximum absolute atomic E-state index is 11.5. The van der Waals surface area contributed by atoms with Crippen molar-refractivity contribution < 1.29 is 9.59 Å². The van der Waals surface area contributed by atoms with Gasteiger partial charge in [-0.1, -0.05) is 74.5 Å². The van der Waals surface area contributed by atoms with E-state index in [2.05, 4.69) is 24.5 Å². The average Bonchev–Trinajstić information content (AvgIpc) is 3.64. The summed E-state index contributed by atoms with van der Waals surface area (Å²) in [5.74, 6) is 2.15.